The van der Waals surface area contributed by atoms with Crippen LogP contribution < -0.4 is 25.1 Å². The second-order valence-electron chi connectivity index (χ2n) is 11.3. The molecule has 0 radical (unpaired) electrons. The van der Waals surface area contributed by atoms with Crippen LogP contribution in [0.5, 0.6) is 23.1 Å². The van der Waals surface area contributed by atoms with Crippen molar-refractivity contribution in [1.82, 2.24) is 19.3 Å². The molecule has 0 aliphatic carbocycles. The van der Waals surface area contributed by atoms with E-state index < -0.39 is 28.9 Å². The molecule has 6 aromatic rings. The number of nitrogens with zero attached hydrogens (tertiary/aromatic N) is 4. The van der Waals surface area contributed by atoms with E-state index in [1.165, 1.54) is 30.3 Å². The fourth-order valence-electron chi connectivity index (χ4n) is 5.84. The summed E-state index contributed by atoms with van der Waals surface area (Å²) >= 11 is 0. The first-order valence-electron chi connectivity index (χ1n) is 15.4. The summed E-state index contributed by atoms with van der Waals surface area (Å²) in [5.74, 6) is -2.46. The van der Waals surface area contributed by atoms with Crippen LogP contribution >= 0.6 is 0 Å². The predicted molar refractivity (Wildman–Crippen MR) is 174 cm³/mol. The SMILES string of the molecule is COc1cc2c(Oc3ccc(NC(=O)c4c5n(n(-c6cc(F)ccc6F)c4=O)CCCC5)cc3F)ncnc2cc1OCc1ccccc1. The highest BCUT2D eigenvalue weighted by Gasteiger charge is 2.29. The van der Waals surface area contributed by atoms with Gasteiger partial charge >= 0.3 is 0 Å². The number of carbonyl (C=O) groups is 1. The van der Waals surface area contributed by atoms with Crippen molar-refractivity contribution in [1.29, 1.82) is 0 Å². The number of fused-ring (bicyclic) bond motifs is 2. The number of benzene rings is 4. The van der Waals surface area contributed by atoms with E-state index in [9.17, 15) is 18.4 Å². The van der Waals surface area contributed by atoms with E-state index in [2.05, 4.69) is 15.3 Å². The summed E-state index contributed by atoms with van der Waals surface area (Å²) < 4.78 is 64.0. The molecule has 0 atom stereocenters. The molecule has 7 rings (SSSR count). The Morgan fingerprint density at radius 3 is 2.53 bits per heavy atom. The quantitative estimate of drug-likeness (QED) is 0.177. The van der Waals surface area contributed by atoms with Gasteiger partial charge in [-0.15, -0.1) is 0 Å². The minimum absolute atomic E-state index is 0.0444. The average Bonchev–Trinajstić information content (AvgIpc) is 3.41. The van der Waals surface area contributed by atoms with E-state index in [1.54, 1.807) is 12.1 Å². The molecule has 1 N–H and O–H groups in total. The Morgan fingerprint density at radius 1 is 0.898 bits per heavy atom. The van der Waals surface area contributed by atoms with Crippen molar-refractivity contribution in [2.75, 3.05) is 12.4 Å². The topological polar surface area (TPSA) is 110 Å². The molecular formula is C36H28F3N5O5. The van der Waals surface area contributed by atoms with Crippen LogP contribution in [0.3, 0.4) is 0 Å². The summed E-state index contributed by atoms with van der Waals surface area (Å²) in [5, 5.41) is 3.00. The monoisotopic (exact) mass is 667 g/mol. The third-order valence-corrected chi connectivity index (χ3v) is 8.16. The minimum Gasteiger partial charge on any atom is -0.493 e. The highest BCUT2D eigenvalue weighted by atomic mass is 19.1. The van der Waals surface area contributed by atoms with Gasteiger partial charge in [-0.2, -0.15) is 0 Å². The maximum Gasteiger partial charge on any atom is 0.284 e. The molecule has 0 saturated heterocycles. The Morgan fingerprint density at radius 2 is 1.73 bits per heavy atom. The Balaban J connectivity index is 1.13. The lowest BCUT2D eigenvalue weighted by Crippen LogP contribution is -2.26. The first-order chi connectivity index (χ1) is 23.8. The number of ether oxygens (including phenoxy) is 3. The van der Waals surface area contributed by atoms with Crippen molar-refractivity contribution in [3.8, 4) is 28.8 Å². The Hall–Kier alpha value is -6.11. The molecule has 1 aliphatic rings. The number of anilines is 1. The molecule has 248 valence electrons. The fraction of sp³-hybridized carbons (Fsp3) is 0.167. The molecule has 0 saturated carbocycles. The van der Waals surface area contributed by atoms with Crippen molar-refractivity contribution in [3.05, 3.63) is 130 Å². The Kier molecular flexibility index (Phi) is 8.47. The number of aromatic nitrogens is 4. The lowest BCUT2D eigenvalue weighted by molar-refractivity contribution is 0.102. The number of halogens is 3. The van der Waals surface area contributed by atoms with E-state index in [4.69, 9.17) is 14.2 Å². The van der Waals surface area contributed by atoms with E-state index in [0.29, 0.717) is 60.5 Å². The van der Waals surface area contributed by atoms with Crippen molar-refractivity contribution in [2.45, 2.75) is 32.4 Å². The van der Waals surface area contributed by atoms with Crippen molar-refractivity contribution < 1.29 is 32.2 Å². The molecule has 0 fully saturated rings. The van der Waals surface area contributed by atoms with Gasteiger partial charge in [0.15, 0.2) is 23.1 Å². The highest BCUT2D eigenvalue weighted by Crippen LogP contribution is 2.37. The molecule has 1 aliphatic heterocycles. The molecule has 0 unspecified atom stereocenters. The van der Waals surface area contributed by atoms with E-state index >= 15 is 4.39 Å². The summed E-state index contributed by atoms with van der Waals surface area (Å²) in [5.41, 5.74) is 0.538. The maximum atomic E-state index is 15.4. The molecule has 10 nitrogen and oxygen atoms in total. The molecule has 0 spiro atoms. The molecule has 13 heteroatoms. The van der Waals surface area contributed by atoms with Crippen LogP contribution in [0.4, 0.5) is 18.9 Å². The van der Waals surface area contributed by atoms with Gasteiger partial charge in [0, 0.05) is 30.4 Å². The van der Waals surface area contributed by atoms with Gasteiger partial charge in [0.1, 0.15) is 35.8 Å². The summed E-state index contributed by atoms with van der Waals surface area (Å²) in [6, 6.07) is 19.5. The number of carbonyl (C=O) groups excluding carboxylic acids is 1. The molecule has 2 aromatic heterocycles. The van der Waals surface area contributed by atoms with Crippen LogP contribution in [0, 0.1) is 17.5 Å². The predicted octanol–water partition coefficient (Wildman–Crippen LogP) is 6.97. The summed E-state index contributed by atoms with van der Waals surface area (Å²) in [6.45, 7) is 0.639. The van der Waals surface area contributed by atoms with Gasteiger partial charge in [-0.3, -0.25) is 14.3 Å². The number of hydrogen-bond donors (Lipinski definition) is 1. The summed E-state index contributed by atoms with van der Waals surface area (Å²) in [6.07, 6.45) is 3.03. The number of nitrogens with one attached hydrogen (secondary N) is 1. The zero-order valence-corrected chi connectivity index (χ0v) is 26.1. The van der Waals surface area contributed by atoms with E-state index in [1.807, 2.05) is 30.3 Å². The lowest BCUT2D eigenvalue weighted by Gasteiger charge is -2.19. The van der Waals surface area contributed by atoms with Crippen LogP contribution in [0.25, 0.3) is 16.6 Å². The van der Waals surface area contributed by atoms with Crippen molar-refractivity contribution in [3.63, 3.8) is 0 Å². The second kappa shape index (κ2) is 13.2. The maximum absolute atomic E-state index is 15.4. The van der Waals surface area contributed by atoms with E-state index in [-0.39, 0.29) is 28.6 Å². The van der Waals surface area contributed by atoms with Crippen LogP contribution in [0.2, 0.25) is 0 Å². The van der Waals surface area contributed by atoms with Gasteiger partial charge in [-0.1, -0.05) is 30.3 Å². The standard InChI is InChI=1S/C36H28F3N5O5/c1-47-31-17-24-27(18-32(31)48-19-21-7-3-2-4-8-21)40-20-41-35(24)49-30-13-11-23(16-26(30)39)42-34(45)33-28-9-5-6-14-43(28)44(36(33)46)29-15-22(37)10-12-25(29)38/h2-4,7-8,10-13,15-18,20H,5-6,9,14,19H2,1H3,(H,42,45). The fourth-order valence-corrected chi connectivity index (χ4v) is 5.84. The first-order valence-corrected chi connectivity index (χ1v) is 15.4. The molecule has 3 heterocycles. The zero-order chi connectivity index (χ0) is 34.1. The summed E-state index contributed by atoms with van der Waals surface area (Å²) in [4.78, 5) is 35.5. The Bertz CT molecular complexity index is 2270. The second-order valence-corrected chi connectivity index (χ2v) is 11.3. The van der Waals surface area contributed by atoms with Crippen LogP contribution in [0.15, 0.2) is 90.0 Å². The third-order valence-electron chi connectivity index (χ3n) is 8.16. The normalized spacial score (nSPS) is 12.4. The third kappa shape index (κ3) is 6.18. The number of hydrogen-bond acceptors (Lipinski definition) is 7. The highest BCUT2D eigenvalue weighted by molar-refractivity contribution is 6.05. The van der Waals surface area contributed by atoms with Gasteiger partial charge < -0.3 is 19.5 Å². The smallest absolute Gasteiger partial charge is 0.284 e. The van der Waals surface area contributed by atoms with Crippen molar-refractivity contribution >= 4 is 22.5 Å². The average molecular weight is 668 g/mol. The number of rotatable bonds is 9. The first kappa shape index (κ1) is 31.5. The summed E-state index contributed by atoms with van der Waals surface area (Å²) in [7, 11) is 1.49. The van der Waals surface area contributed by atoms with Gasteiger partial charge in [0.2, 0.25) is 5.88 Å². The largest absolute Gasteiger partial charge is 0.493 e. The van der Waals surface area contributed by atoms with Gasteiger partial charge in [0.05, 0.1) is 23.7 Å². The van der Waals surface area contributed by atoms with E-state index in [0.717, 1.165) is 34.5 Å². The lowest BCUT2D eigenvalue weighted by atomic mass is 10.1. The van der Waals surface area contributed by atoms with Crippen LogP contribution in [-0.4, -0.2) is 32.3 Å². The van der Waals surface area contributed by atoms with Gasteiger partial charge in [-0.25, -0.2) is 27.8 Å². The molecule has 1 amide bonds. The van der Waals surface area contributed by atoms with Crippen LogP contribution in [0.1, 0.15) is 34.5 Å². The zero-order valence-electron chi connectivity index (χ0n) is 26.1. The Labute approximate surface area is 277 Å². The van der Waals surface area contributed by atoms with Crippen molar-refractivity contribution in [2.24, 2.45) is 0 Å². The number of amides is 1. The minimum atomic E-state index is -0.822. The molecule has 49 heavy (non-hydrogen) atoms. The molecule has 0 bridgehead atoms. The van der Waals surface area contributed by atoms with Gasteiger partial charge in [-0.05, 0) is 55.2 Å². The molecular weight excluding hydrogens is 639 g/mol. The number of methoxy groups -OCH3 is 1. The van der Waals surface area contributed by atoms with Crippen LogP contribution in [-0.2, 0) is 19.6 Å². The van der Waals surface area contributed by atoms with Gasteiger partial charge in [0.25, 0.3) is 11.5 Å². The molecule has 4 aromatic carbocycles.